The summed E-state index contributed by atoms with van der Waals surface area (Å²) in [6.45, 7) is 2.02. The lowest BCUT2D eigenvalue weighted by atomic mass is 10.1. The van der Waals surface area contributed by atoms with Crippen LogP contribution in [-0.4, -0.2) is 60.3 Å². The second kappa shape index (κ2) is 8.25. The zero-order valence-electron chi connectivity index (χ0n) is 14.7. The van der Waals surface area contributed by atoms with E-state index in [9.17, 15) is 9.59 Å². The molecular formula is C19H25N3O3. The van der Waals surface area contributed by atoms with E-state index >= 15 is 0 Å². The van der Waals surface area contributed by atoms with Crippen molar-refractivity contribution >= 4 is 17.5 Å². The van der Waals surface area contributed by atoms with Crippen LogP contribution in [0, 0.1) is 0 Å². The van der Waals surface area contributed by atoms with Crippen molar-refractivity contribution in [1.82, 2.24) is 9.91 Å². The third kappa shape index (κ3) is 4.45. The van der Waals surface area contributed by atoms with Gasteiger partial charge in [0.2, 0.25) is 11.8 Å². The molecule has 6 heteroatoms. The first kappa shape index (κ1) is 17.6. The van der Waals surface area contributed by atoms with E-state index in [1.807, 2.05) is 35.2 Å². The average Bonchev–Trinajstić information content (AvgIpc) is 3.17. The first-order valence-corrected chi connectivity index (χ1v) is 8.91. The van der Waals surface area contributed by atoms with Crippen LogP contribution in [0.1, 0.15) is 37.7 Å². The van der Waals surface area contributed by atoms with Crippen molar-refractivity contribution in [3.8, 4) is 0 Å². The van der Waals surface area contributed by atoms with E-state index in [-0.39, 0.29) is 30.8 Å². The summed E-state index contributed by atoms with van der Waals surface area (Å²) in [6, 6.07) is 9.89. The summed E-state index contributed by atoms with van der Waals surface area (Å²) >= 11 is 0. The normalized spacial score (nSPS) is 18.4. The lowest BCUT2D eigenvalue weighted by Gasteiger charge is -2.31. The van der Waals surface area contributed by atoms with Crippen molar-refractivity contribution in [2.24, 2.45) is 5.10 Å². The van der Waals surface area contributed by atoms with Crippen molar-refractivity contribution in [1.29, 1.82) is 0 Å². The lowest BCUT2D eigenvalue weighted by Crippen LogP contribution is -2.41. The van der Waals surface area contributed by atoms with E-state index in [2.05, 4.69) is 5.10 Å². The monoisotopic (exact) mass is 343 g/mol. The summed E-state index contributed by atoms with van der Waals surface area (Å²) < 4.78 is 5.32. The number of hydrogen-bond donors (Lipinski definition) is 0. The zero-order valence-corrected chi connectivity index (χ0v) is 14.7. The fraction of sp³-hybridized carbons (Fsp3) is 0.526. The van der Waals surface area contributed by atoms with Gasteiger partial charge in [-0.2, -0.15) is 5.10 Å². The number of benzene rings is 1. The van der Waals surface area contributed by atoms with E-state index in [1.54, 1.807) is 7.11 Å². The largest absolute Gasteiger partial charge is 0.381 e. The molecule has 1 fully saturated rings. The molecule has 1 aromatic carbocycles. The summed E-state index contributed by atoms with van der Waals surface area (Å²) in [5.74, 6) is -0.0274. The number of nitrogens with zero attached hydrogens (tertiary/aromatic N) is 3. The maximum atomic E-state index is 12.3. The molecule has 0 aromatic heterocycles. The third-order valence-electron chi connectivity index (χ3n) is 4.88. The van der Waals surface area contributed by atoms with Gasteiger partial charge in [-0.15, -0.1) is 0 Å². The topological polar surface area (TPSA) is 62.2 Å². The molecule has 25 heavy (non-hydrogen) atoms. The number of rotatable bonds is 5. The molecule has 0 atom stereocenters. The molecule has 3 rings (SSSR count). The van der Waals surface area contributed by atoms with E-state index in [4.69, 9.17) is 4.74 Å². The Morgan fingerprint density at radius 1 is 1.08 bits per heavy atom. The number of carbonyl (C=O) groups is 2. The first-order chi connectivity index (χ1) is 12.2. The van der Waals surface area contributed by atoms with Gasteiger partial charge < -0.3 is 9.64 Å². The van der Waals surface area contributed by atoms with Crippen molar-refractivity contribution < 1.29 is 14.3 Å². The van der Waals surface area contributed by atoms with Crippen molar-refractivity contribution in [3.05, 3.63) is 35.9 Å². The van der Waals surface area contributed by atoms with E-state index < -0.39 is 0 Å². The van der Waals surface area contributed by atoms with Gasteiger partial charge in [0.05, 0.1) is 18.4 Å². The molecule has 0 bridgehead atoms. The summed E-state index contributed by atoms with van der Waals surface area (Å²) in [5.41, 5.74) is 1.98. The van der Waals surface area contributed by atoms with Crippen LogP contribution in [0.3, 0.4) is 0 Å². The zero-order chi connectivity index (χ0) is 17.6. The summed E-state index contributed by atoms with van der Waals surface area (Å²) in [5, 5.41) is 5.94. The average molecular weight is 343 g/mol. The molecule has 0 saturated carbocycles. The molecule has 0 N–H and O–H groups in total. The van der Waals surface area contributed by atoms with Crippen LogP contribution in [-0.2, 0) is 14.3 Å². The van der Waals surface area contributed by atoms with E-state index in [0.29, 0.717) is 19.6 Å². The van der Waals surface area contributed by atoms with Gasteiger partial charge in [0.1, 0.15) is 0 Å². The van der Waals surface area contributed by atoms with Gasteiger partial charge in [-0.05, 0) is 18.4 Å². The number of likely N-dealkylation sites (tertiary alicyclic amines) is 1. The summed E-state index contributed by atoms with van der Waals surface area (Å²) in [7, 11) is 1.71. The highest BCUT2D eigenvalue weighted by Gasteiger charge is 2.25. The maximum absolute atomic E-state index is 12.3. The highest BCUT2D eigenvalue weighted by atomic mass is 16.5. The Labute approximate surface area is 148 Å². The van der Waals surface area contributed by atoms with Crippen LogP contribution in [0.25, 0.3) is 0 Å². The van der Waals surface area contributed by atoms with Crippen molar-refractivity contribution in [2.75, 3.05) is 26.7 Å². The van der Waals surface area contributed by atoms with Gasteiger partial charge in [-0.3, -0.25) is 9.59 Å². The second-order valence-electron chi connectivity index (χ2n) is 6.50. The highest BCUT2D eigenvalue weighted by Crippen LogP contribution is 2.17. The standard InChI is InChI=1S/C19H25N3O3/c1-25-16-9-12-21(13-10-16)18(23)7-8-19(24)22-14-11-17(20-22)15-5-3-2-4-6-15/h2-6,16H,7-14H2,1H3. The molecule has 2 heterocycles. The molecule has 1 aromatic rings. The molecule has 0 aliphatic carbocycles. The van der Waals surface area contributed by atoms with Gasteiger partial charge in [0.25, 0.3) is 0 Å². The fourth-order valence-corrected chi connectivity index (χ4v) is 3.31. The number of piperidine rings is 1. The third-order valence-corrected chi connectivity index (χ3v) is 4.88. The predicted octanol–water partition coefficient (Wildman–Crippen LogP) is 2.04. The Kier molecular flexibility index (Phi) is 5.81. The number of ether oxygens (including phenoxy) is 1. The highest BCUT2D eigenvalue weighted by molar-refractivity contribution is 6.02. The smallest absolute Gasteiger partial charge is 0.243 e. The number of amides is 2. The van der Waals surface area contributed by atoms with Gasteiger partial charge in [-0.1, -0.05) is 30.3 Å². The SMILES string of the molecule is COC1CCN(C(=O)CCC(=O)N2CCC(c3ccccc3)=N2)CC1. The molecule has 2 amide bonds. The summed E-state index contributed by atoms with van der Waals surface area (Å²) in [6.07, 6.45) is 3.22. The minimum Gasteiger partial charge on any atom is -0.381 e. The Balaban J connectivity index is 1.47. The van der Waals surface area contributed by atoms with Gasteiger partial charge >= 0.3 is 0 Å². The molecule has 1 saturated heterocycles. The van der Waals surface area contributed by atoms with Gasteiger partial charge in [-0.25, -0.2) is 5.01 Å². The number of carbonyl (C=O) groups excluding carboxylic acids is 2. The van der Waals surface area contributed by atoms with E-state index in [0.717, 1.165) is 30.5 Å². The number of methoxy groups -OCH3 is 1. The van der Waals surface area contributed by atoms with Crippen LogP contribution in [0.5, 0.6) is 0 Å². The Hall–Kier alpha value is -2.21. The van der Waals surface area contributed by atoms with Crippen LogP contribution in [0.4, 0.5) is 0 Å². The Morgan fingerprint density at radius 3 is 2.44 bits per heavy atom. The van der Waals surface area contributed by atoms with Gasteiger partial charge in [0, 0.05) is 39.5 Å². The molecule has 2 aliphatic heterocycles. The minimum absolute atomic E-state index is 0.0503. The number of hydrazone groups is 1. The molecule has 6 nitrogen and oxygen atoms in total. The molecule has 0 unspecified atom stereocenters. The van der Waals surface area contributed by atoms with Gasteiger partial charge in [0.15, 0.2) is 0 Å². The molecule has 2 aliphatic rings. The van der Waals surface area contributed by atoms with Crippen molar-refractivity contribution in [2.45, 2.75) is 38.2 Å². The second-order valence-corrected chi connectivity index (χ2v) is 6.50. The quantitative estimate of drug-likeness (QED) is 0.822. The van der Waals surface area contributed by atoms with Crippen LogP contribution < -0.4 is 0 Å². The van der Waals surface area contributed by atoms with Crippen LogP contribution in [0.15, 0.2) is 35.4 Å². The molecule has 0 spiro atoms. The Morgan fingerprint density at radius 2 is 1.76 bits per heavy atom. The van der Waals surface area contributed by atoms with Crippen LogP contribution in [0.2, 0.25) is 0 Å². The Bertz CT molecular complexity index is 637. The molecule has 134 valence electrons. The van der Waals surface area contributed by atoms with Crippen LogP contribution >= 0.6 is 0 Å². The fourth-order valence-electron chi connectivity index (χ4n) is 3.31. The van der Waals surface area contributed by atoms with E-state index in [1.165, 1.54) is 5.01 Å². The lowest BCUT2D eigenvalue weighted by molar-refractivity contribution is -0.138. The minimum atomic E-state index is -0.0777. The maximum Gasteiger partial charge on any atom is 0.243 e. The number of hydrogen-bond acceptors (Lipinski definition) is 4. The first-order valence-electron chi connectivity index (χ1n) is 8.91. The molecular weight excluding hydrogens is 318 g/mol. The molecule has 0 radical (unpaired) electrons. The summed E-state index contributed by atoms with van der Waals surface area (Å²) in [4.78, 5) is 26.5. The predicted molar refractivity (Wildman–Crippen MR) is 95.2 cm³/mol. The van der Waals surface area contributed by atoms with Crippen molar-refractivity contribution in [3.63, 3.8) is 0 Å².